The van der Waals surface area contributed by atoms with Gasteiger partial charge < -0.3 is 5.32 Å². The molecule has 1 aliphatic carbocycles. The number of anilines is 1. The zero-order valence-corrected chi connectivity index (χ0v) is 12.1. The number of aromatic nitrogens is 1. The van der Waals surface area contributed by atoms with E-state index in [2.05, 4.69) is 17.2 Å². The topological polar surface area (TPSA) is 42.0 Å². The molecule has 1 N–H and O–H groups in total. The van der Waals surface area contributed by atoms with E-state index in [9.17, 15) is 9.18 Å². The number of nitrogens with one attached hydrogen (secondary N) is 1. The molecule has 1 fully saturated rings. The fourth-order valence-electron chi connectivity index (χ4n) is 2.21. The Balaban J connectivity index is 1.80. The van der Waals surface area contributed by atoms with Crippen molar-refractivity contribution < 1.29 is 9.18 Å². The van der Waals surface area contributed by atoms with Crippen LogP contribution in [-0.4, -0.2) is 10.9 Å². The zero-order valence-electron chi connectivity index (χ0n) is 11.3. The van der Waals surface area contributed by atoms with Crippen molar-refractivity contribution in [2.45, 2.75) is 20.3 Å². The molecule has 2 atom stereocenters. The van der Waals surface area contributed by atoms with Gasteiger partial charge in [0.1, 0.15) is 5.82 Å². The van der Waals surface area contributed by atoms with E-state index in [-0.39, 0.29) is 17.6 Å². The van der Waals surface area contributed by atoms with E-state index in [0.29, 0.717) is 11.0 Å². The summed E-state index contributed by atoms with van der Waals surface area (Å²) in [5, 5.41) is 3.49. The van der Waals surface area contributed by atoms with Crippen LogP contribution < -0.4 is 5.32 Å². The molecule has 1 heterocycles. The molecule has 20 heavy (non-hydrogen) atoms. The summed E-state index contributed by atoms with van der Waals surface area (Å²) in [5.41, 5.74) is 1.66. The van der Waals surface area contributed by atoms with Gasteiger partial charge in [0, 0.05) is 16.4 Å². The molecule has 1 aromatic heterocycles. The molecule has 2 aromatic rings. The maximum Gasteiger partial charge on any atom is 0.229 e. The average Bonchev–Trinajstić information content (AvgIpc) is 3.03. The number of benzene rings is 1. The Labute approximate surface area is 120 Å². The van der Waals surface area contributed by atoms with Gasteiger partial charge in [-0.1, -0.05) is 6.92 Å². The second kappa shape index (κ2) is 4.98. The molecule has 1 aliphatic rings. The van der Waals surface area contributed by atoms with Crippen LogP contribution in [0.3, 0.4) is 0 Å². The highest BCUT2D eigenvalue weighted by atomic mass is 32.1. The van der Waals surface area contributed by atoms with Crippen molar-refractivity contribution in [3.8, 4) is 11.3 Å². The van der Waals surface area contributed by atoms with Gasteiger partial charge in [0.15, 0.2) is 5.13 Å². The van der Waals surface area contributed by atoms with Crippen molar-refractivity contribution >= 4 is 22.4 Å². The second-order valence-corrected chi connectivity index (χ2v) is 6.44. The Bertz CT molecular complexity index is 650. The largest absolute Gasteiger partial charge is 0.302 e. The summed E-state index contributed by atoms with van der Waals surface area (Å²) < 4.78 is 12.9. The van der Waals surface area contributed by atoms with E-state index in [1.807, 2.05) is 6.92 Å². The van der Waals surface area contributed by atoms with E-state index in [1.165, 1.54) is 23.5 Å². The third-order valence-electron chi connectivity index (χ3n) is 3.59. The smallest absolute Gasteiger partial charge is 0.229 e. The van der Waals surface area contributed by atoms with Gasteiger partial charge in [-0.25, -0.2) is 9.37 Å². The van der Waals surface area contributed by atoms with Crippen LogP contribution in [0.25, 0.3) is 11.3 Å². The minimum Gasteiger partial charge on any atom is -0.302 e. The van der Waals surface area contributed by atoms with Crippen LogP contribution in [-0.2, 0) is 4.79 Å². The first kappa shape index (κ1) is 13.2. The van der Waals surface area contributed by atoms with Crippen LogP contribution >= 0.6 is 11.3 Å². The molecule has 0 spiro atoms. The molecule has 0 radical (unpaired) electrons. The minimum absolute atomic E-state index is 0.0527. The number of carbonyl (C=O) groups excluding carboxylic acids is 1. The number of aryl methyl sites for hydroxylation is 1. The third-order valence-corrected chi connectivity index (χ3v) is 4.48. The fraction of sp³-hybridized carbons (Fsp3) is 0.333. The minimum atomic E-state index is -0.266. The van der Waals surface area contributed by atoms with Crippen molar-refractivity contribution in [2.75, 3.05) is 5.32 Å². The first-order valence-electron chi connectivity index (χ1n) is 6.59. The monoisotopic (exact) mass is 290 g/mol. The van der Waals surface area contributed by atoms with Gasteiger partial charge in [0.2, 0.25) is 5.91 Å². The molecule has 1 amide bonds. The number of thiazole rings is 1. The fourth-order valence-corrected chi connectivity index (χ4v) is 3.05. The molecular weight excluding hydrogens is 275 g/mol. The van der Waals surface area contributed by atoms with Gasteiger partial charge in [-0.05, 0) is 43.5 Å². The SMILES string of the molecule is Cc1sc(NC(=O)[C@@H]2C[C@@H]2C)nc1-c1ccc(F)cc1. The highest BCUT2D eigenvalue weighted by Gasteiger charge is 2.39. The Morgan fingerprint density at radius 2 is 2.05 bits per heavy atom. The first-order chi connectivity index (χ1) is 9.54. The standard InChI is InChI=1S/C15H15FN2OS/c1-8-7-12(8)14(19)18-15-17-13(9(2)20-15)10-3-5-11(16)6-4-10/h3-6,8,12H,7H2,1-2H3,(H,17,18,19)/t8-,12+/m0/s1. The van der Waals surface area contributed by atoms with Gasteiger partial charge in [0.25, 0.3) is 0 Å². The van der Waals surface area contributed by atoms with Crippen molar-refractivity contribution in [3.05, 3.63) is 35.0 Å². The number of nitrogens with zero attached hydrogens (tertiary/aromatic N) is 1. The summed E-state index contributed by atoms with van der Waals surface area (Å²) >= 11 is 1.45. The normalized spacial score (nSPS) is 20.8. The molecule has 1 saturated carbocycles. The Morgan fingerprint density at radius 3 is 2.65 bits per heavy atom. The second-order valence-electron chi connectivity index (χ2n) is 5.24. The van der Waals surface area contributed by atoms with Crippen LogP contribution in [0.5, 0.6) is 0 Å². The van der Waals surface area contributed by atoms with Gasteiger partial charge >= 0.3 is 0 Å². The van der Waals surface area contributed by atoms with Gasteiger partial charge in [0.05, 0.1) is 5.69 Å². The quantitative estimate of drug-likeness (QED) is 0.933. The number of amides is 1. The van der Waals surface area contributed by atoms with Gasteiger partial charge in [-0.15, -0.1) is 11.3 Å². The summed E-state index contributed by atoms with van der Waals surface area (Å²) in [4.78, 5) is 17.4. The van der Waals surface area contributed by atoms with Crippen LogP contribution in [0.1, 0.15) is 18.2 Å². The van der Waals surface area contributed by atoms with E-state index >= 15 is 0 Å². The molecule has 0 bridgehead atoms. The lowest BCUT2D eigenvalue weighted by Gasteiger charge is -1.99. The molecule has 5 heteroatoms. The van der Waals surface area contributed by atoms with E-state index in [0.717, 1.165) is 22.6 Å². The molecule has 3 nitrogen and oxygen atoms in total. The number of hydrogen-bond acceptors (Lipinski definition) is 3. The lowest BCUT2D eigenvalue weighted by atomic mass is 10.1. The first-order valence-corrected chi connectivity index (χ1v) is 7.40. The van der Waals surface area contributed by atoms with Crippen LogP contribution in [0.4, 0.5) is 9.52 Å². The van der Waals surface area contributed by atoms with E-state index < -0.39 is 0 Å². The predicted octanol–water partition coefficient (Wildman–Crippen LogP) is 3.85. The summed E-state index contributed by atoms with van der Waals surface area (Å²) in [6, 6.07) is 6.23. The summed E-state index contributed by atoms with van der Waals surface area (Å²) in [6.07, 6.45) is 0.959. The predicted molar refractivity (Wildman–Crippen MR) is 78.1 cm³/mol. The van der Waals surface area contributed by atoms with Gasteiger partial charge in [-0.2, -0.15) is 0 Å². The number of rotatable bonds is 3. The average molecular weight is 290 g/mol. The molecule has 104 valence electrons. The number of hydrogen-bond donors (Lipinski definition) is 1. The molecular formula is C15H15FN2OS. The van der Waals surface area contributed by atoms with Crippen LogP contribution in [0, 0.1) is 24.6 Å². The number of carbonyl (C=O) groups is 1. The molecule has 0 saturated heterocycles. The highest BCUT2D eigenvalue weighted by Crippen LogP contribution is 2.39. The molecule has 0 aliphatic heterocycles. The van der Waals surface area contributed by atoms with Crippen LogP contribution in [0.2, 0.25) is 0 Å². The van der Waals surface area contributed by atoms with Crippen molar-refractivity contribution in [2.24, 2.45) is 11.8 Å². The molecule has 0 unspecified atom stereocenters. The maximum atomic E-state index is 12.9. The van der Waals surface area contributed by atoms with E-state index in [1.54, 1.807) is 12.1 Å². The van der Waals surface area contributed by atoms with E-state index in [4.69, 9.17) is 0 Å². The summed E-state index contributed by atoms with van der Waals surface area (Å²) in [7, 11) is 0. The molecule has 1 aromatic carbocycles. The number of halogens is 1. The highest BCUT2D eigenvalue weighted by molar-refractivity contribution is 7.16. The maximum absolute atomic E-state index is 12.9. The molecule has 3 rings (SSSR count). The zero-order chi connectivity index (χ0) is 14.3. The summed E-state index contributed by atoms with van der Waals surface area (Å²) in [6.45, 7) is 4.02. The van der Waals surface area contributed by atoms with Crippen LogP contribution in [0.15, 0.2) is 24.3 Å². The lowest BCUT2D eigenvalue weighted by Crippen LogP contribution is -2.14. The summed E-state index contributed by atoms with van der Waals surface area (Å²) in [5.74, 6) is 0.399. The van der Waals surface area contributed by atoms with Crippen molar-refractivity contribution in [3.63, 3.8) is 0 Å². The van der Waals surface area contributed by atoms with Crippen molar-refractivity contribution in [1.82, 2.24) is 4.98 Å². The van der Waals surface area contributed by atoms with Gasteiger partial charge in [-0.3, -0.25) is 4.79 Å². The van der Waals surface area contributed by atoms with Crippen molar-refractivity contribution in [1.29, 1.82) is 0 Å². The Morgan fingerprint density at radius 1 is 1.40 bits per heavy atom. The Kier molecular flexibility index (Phi) is 3.30. The third kappa shape index (κ3) is 2.58. The Hall–Kier alpha value is -1.75. The lowest BCUT2D eigenvalue weighted by molar-refractivity contribution is -0.117.